The summed E-state index contributed by atoms with van der Waals surface area (Å²) in [6, 6.07) is 13.5. The third-order valence-electron chi connectivity index (χ3n) is 4.13. The van der Waals surface area contributed by atoms with E-state index in [9.17, 15) is 9.59 Å². The molecule has 1 N–H and O–H groups in total. The fourth-order valence-electron chi connectivity index (χ4n) is 2.93. The molecule has 1 aliphatic heterocycles. The van der Waals surface area contributed by atoms with Gasteiger partial charge in [0, 0.05) is 12.1 Å². The minimum absolute atomic E-state index is 0.0351. The number of amides is 1. The molecule has 3 aromatic rings. The van der Waals surface area contributed by atoms with Crippen LogP contribution >= 0.6 is 11.3 Å². The van der Waals surface area contributed by atoms with Gasteiger partial charge in [-0.05, 0) is 42.3 Å². The zero-order valence-corrected chi connectivity index (χ0v) is 13.8. The van der Waals surface area contributed by atoms with Crippen LogP contribution in [0.5, 0.6) is 5.75 Å². The van der Waals surface area contributed by atoms with Gasteiger partial charge in [-0.2, -0.15) is 0 Å². The predicted octanol–water partition coefficient (Wildman–Crippen LogP) is 3.03. The number of ether oxygens (including phenoxy) is 1. The molecule has 0 saturated heterocycles. The molecule has 1 amide bonds. The van der Waals surface area contributed by atoms with Gasteiger partial charge in [-0.1, -0.05) is 23.5 Å². The van der Waals surface area contributed by atoms with Crippen LogP contribution in [0.15, 0.2) is 47.3 Å². The van der Waals surface area contributed by atoms with Crippen molar-refractivity contribution in [2.75, 3.05) is 11.9 Å². The SMILES string of the molecule is O=C1CCc2cc(OCCn3c(=O)sc4ccccc43)ccc2N1. The molecule has 4 rings (SSSR count). The summed E-state index contributed by atoms with van der Waals surface area (Å²) in [5.41, 5.74) is 2.90. The zero-order valence-electron chi connectivity index (χ0n) is 13.0. The Hall–Kier alpha value is -2.60. The van der Waals surface area contributed by atoms with Gasteiger partial charge in [0.25, 0.3) is 0 Å². The summed E-state index contributed by atoms with van der Waals surface area (Å²) in [7, 11) is 0. The Bertz CT molecular complexity index is 974. The van der Waals surface area contributed by atoms with Gasteiger partial charge in [0.2, 0.25) is 5.91 Å². The Kier molecular flexibility index (Phi) is 3.82. The van der Waals surface area contributed by atoms with Crippen molar-refractivity contribution in [1.29, 1.82) is 0 Å². The summed E-state index contributed by atoms with van der Waals surface area (Å²) in [5, 5.41) is 2.85. The topological polar surface area (TPSA) is 60.3 Å². The molecule has 0 saturated carbocycles. The maximum atomic E-state index is 12.1. The van der Waals surface area contributed by atoms with Crippen LogP contribution in [-0.2, 0) is 17.8 Å². The predicted molar refractivity (Wildman–Crippen MR) is 95.0 cm³/mol. The Balaban J connectivity index is 1.47. The van der Waals surface area contributed by atoms with Crippen LogP contribution < -0.4 is 14.9 Å². The molecule has 1 aliphatic rings. The van der Waals surface area contributed by atoms with Gasteiger partial charge in [0.05, 0.1) is 16.8 Å². The van der Waals surface area contributed by atoms with E-state index in [1.807, 2.05) is 42.5 Å². The number of anilines is 1. The molecular formula is C18H16N2O3S. The lowest BCUT2D eigenvalue weighted by molar-refractivity contribution is -0.116. The van der Waals surface area contributed by atoms with Gasteiger partial charge < -0.3 is 10.1 Å². The number of rotatable bonds is 4. The Labute approximate surface area is 142 Å². The molecule has 1 aromatic heterocycles. The molecule has 0 fully saturated rings. The van der Waals surface area contributed by atoms with E-state index in [1.165, 1.54) is 11.3 Å². The normalized spacial score (nSPS) is 13.6. The number of benzene rings is 2. The first-order valence-electron chi connectivity index (χ1n) is 7.85. The number of thiazole rings is 1. The molecule has 0 atom stereocenters. The van der Waals surface area contributed by atoms with Gasteiger partial charge >= 0.3 is 4.87 Å². The van der Waals surface area contributed by atoms with Crippen molar-refractivity contribution in [2.45, 2.75) is 19.4 Å². The Morgan fingerprint density at radius 1 is 1.12 bits per heavy atom. The number of fused-ring (bicyclic) bond motifs is 2. The molecule has 6 heteroatoms. The molecule has 2 heterocycles. The molecule has 122 valence electrons. The molecular weight excluding hydrogens is 324 g/mol. The minimum atomic E-state index is 0.0351. The van der Waals surface area contributed by atoms with Crippen LogP contribution in [0.25, 0.3) is 10.2 Å². The fraction of sp³-hybridized carbons (Fsp3) is 0.222. The molecule has 0 aliphatic carbocycles. The Morgan fingerprint density at radius 2 is 2.00 bits per heavy atom. The van der Waals surface area contributed by atoms with Crippen molar-refractivity contribution >= 4 is 33.1 Å². The average molecular weight is 340 g/mol. The quantitative estimate of drug-likeness (QED) is 0.794. The van der Waals surface area contributed by atoms with Gasteiger partial charge in [-0.25, -0.2) is 0 Å². The molecule has 2 aromatic carbocycles. The second-order valence-corrected chi connectivity index (χ2v) is 6.70. The molecule has 0 bridgehead atoms. The summed E-state index contributed by atoms with van der Waals surface area (Å²) in [4.78, 5) is 23.5. The number of hydrogen-bond acceptors (Lipinski definition) is 4. The number of aromatic nitrogens is 1. The second-order valence-electron chi connectivity index (χ2n) is 5.70. The summed E-state index contributed by atoms with van der Waals surface area (Å²) in [6.07, 6.45) is 1.24. The zero-order chi connectivity index (χ0) is 16.5. The fourth-order valence-corrected chi connectivity index (χ4v) is 3.85. The van der Waals surface area contributed by atoms with Crippen molar-refractivity contribution < 1.29 is 9.53 Å². The lowest BCUT2D eigenvalue weighted by atomic mass is 10.0. The number of nitrogens with one attached hydrogen (secondary N) is 1. The first-order chi connectivity index (χ1) is 11.7. The number of nitrogens with zero attached hydrogens (tertiary/aromatic N) is 1. The van der Waals surface area contributed by atoms with Crippen LogP contribution in [0, 0.1) is 0 Å². The van der Waals surface area contributed by atoms with Gasteiger partial charge in [0.15, 0.2) is 0 Å². The average Bonchev–Trinajstić information content (AvgIpc) is 2.91. The molecule has 0 spiro atoms. The first-order valence-corrected chi connectivity index (χ1v) is 8.66. The van der Waals surface area contributed by atoms with Gasteiger partial charge in [0.1, 0.15) is 12.4 Å². The van der Waals surface area contributed by atoms with E-state index in [0.717, 1.165) is 33.6 Å². The highest BCUT2D eigenvalue weighted by molar-refractivity contribution is 7.16. The van der Waals surface area contributed by atoms with E-state index in [-0.39, 0.29) is 10.8 Å². The summed E-state index contributed by atoms with van der Waals surface area (Å²) in [5.74, 6) is 0.817. The monoisotopic (exact) mass is 340 g/mol. The van der Waals surface area contributed by atoms with Crippen LogP contribution in [0.3, 0.4) is 0 Å². The second kappa shape index (κ2) is 6.13. The van der Waals surface area contributed by atoms with Crippen molar-refractivity contribution in [2.24, 2.45) is 0 Å². The van der Waals surface area contributed by atoms with Crippen LogP contribution in [0.4, 0.5) is 5.69 Å². The van der Waals surface area contributed by atoms with Crippen LogP contribution in [0.2, 0.25) is 0 Å². The minimum Gasteiger partial charge on any atom is -0.492 e. The molecule has 24 heavy (non-hydrogen) atoms. The number of carbonyl (C=O) groups is 1. The van der Waals surface area contributed by atoms with Crippen molar-refractivity contribution in [3.63, 3.8) is 0 Å². The Morgan fingerprint density at radius 3 is 2.92 bits per heavy atom. The van der Waals surface area contributed by atoms with Crippen molar-refractivity contribution in [3.8, 4) is 5.75 Å². The summed E-state index contributed by atoms with van der Waals surface area (Å²) < 4.78 is 8.55. The molecule has 5 nitrogen and oxygen atoms in total. The summed E-state index contributed by atoms with van der Waals surface area (Å²) in [6.45, 7) is 0.933. The van der Waals surface area contributed by atoms with E-state index in [4.69, 9.17) is 4.74 Å². The number of carbonyl (C=O) groups excluding carboxylic acids is 1. The highest BCUT2D eigenvalue weighted by Gasteiger charge is 2.15. The first kappa shape index (κ1) is 15.0. The van der Waals surface area contributed by atoms with E-state index >= 15 is 0 Å². The lowest BCUT2D eigenvalue weighted by Gasteiger charge is -2.17. The van der Waals surface area contributed by atoms with Crippen molar-refractivity contribution in [3.05, 3.63) is 57.7 Å². The van der Waals surface area contributed by atoms with Crippen LogP contribution in [-0.4, -0.2) is 17.1 Å². The lowest BCUT2D eigenvalue weighted by Crippen LogP contribution is -2.19. The highest BCUT2D eigenvalue weighted by Crippen LogP contribution is 2.26. The van der Waals surface area contributed by atoms with Gasteiger partial charge in [-0.3, -0.25) is 14.2 Å². The van der Waals surface area contributed by atoms with E-state index < -0.39 is 0 Å². The molecule has 0 unspecified atom stereocenters. The van der Waals surface area contributed by atoms with Crippen molar-refractivity contribution in [1.82, 2.24) is 4.57 Å². The van der Waals surface area contributed by atoms with E-state index in [0.29, 0.717) is 19.6 Å². The largest absolute Gasteiger partial charge is 0.492 e. The number of hydrogen-bond donors (Lipinski definition) is 1. The van der Waals surface area contributed by atoms with E-state index in [2.05, 4.69) is 5.32 Å². The van der Waals surface area contributed by atoms with E-state index in [1.54, 1.807) is 4.57 Å². The number of aryl methyl sites for hydroxylation is 1. The van der Waals surface area contributed by atoms with Gasteiger partial charge in [-0.15, -0.1) is 0 Å². The highest BCUT2D eigenvalue weighted by atomic mass is 32.1. The smallest absolute Gasteiger partial charge is 0.308 e. The summed E-state index contributed by atoms with van der Waals surface area (Å²) >= 11 is 1.26. The maximum absolute atomic E-state index is 12.1. The third kappa shape index (κ3) is 2.80. The third-order valence-corrected chi connectivity index (χ3v) is 5.09. The molecule has 0 radical (unpaired) electrons. The van der Waals surface area contributed by atoms with Crippen LogP contribution in [0.1, 0.15) is 12.0 Å². The maximum Gasteiger partial charge on any atom is 0.308 e. The standard InChI is InChI=1S/C18H16N2O3S/c21-17-8-5-12-11-13(6-7-14(12)19-17)23-10-9-20-15-3-1-2-4-16(15)24-18(20)22/h1-4,6-7,11H,5,8-10H2,(H,19,21). The number of para-hydroxylation sites is 1.